The van der Waals surface area contributed by atoms with Crippen LogP contribution >= 0.6 is 11.3 Å². The number of hydrogen-bond acceptors (Lipinski definition) is 7. The van der Waals surface area contributed by atoms with E-state index in [0.717, 1.165) is 28.1 Å². The van der Waals surface area contributed by atoms with Crippen LogP contribution in [0.5, 0.6) is 5.75 Å². The molecule has 0 atom stereocenters. The first-order valence-electron chi connectivity index (χ1n) is 9.22. The number of fused-ring (bicyclic) bond motifs is 1. The first-order valence-corrected chi connectivity index (χ1v) is 11.6. The summed E-state index contributed by atoms with van der Waals surface area (Å²) in [5, 5.41) is 11.0. The number of sulfonamides is 1. The second-order valence-corrected chi connectivity index (χ2v) is 9.51. The Hall–Kier alpha value is -2.95. The number of aromatic nitrogens is 3. The predicted molar refractivity (Wildman–Crippen MR) is 119 cm³/mol. The molecule has 10 heteroatoms. The maximum absolute atomic E-state index is 11.8. The minimum Gasteiger partial charge on any atom is -0.489 e. The number of ether oxygens (including phenoxy) is 1. The number of H-pyrrole nitrogens is 1. The Morgan fingerprint density at radius 2 is 1.97 bits per heavy atom. The van der Waals surface area contributed by atoms with Crippen LogP contribution in [-0.2, 0) is 10.0 Å². The zero-order chi connectivity index (χ0) is 21.5. The van der Waals surface area contributed by atoms with Crippen LogP contribution < -0.4 is 15.2 Å². The molecule has 0 aliphatic rings. The van der Waals surface area contributed by atoms with Crippen LogP contribution in [0.4, 0.5) is 10.8 Å². The van der Waals surface area contributed by atoms with E-state index in [2.05, 4.69) is 20.3 Å². The summed E-state index contributed by atoms with van der Waals surface area (Å²) in [6.07, 6.45) is -0.0817. The topological polar surface area (TPSA) is 123 Å². The van der Waals surface area contributed by atoms with E-state index in [1.54, 1.807) is 6.07 Å². The number of anilines is 2. The molecule has 4 rings (SSSR count). The Morgan fingerprint density at radius 1 is 1.17 bits per heavy atom. The molecular weight excluding hydrogens is 422 g/mol. The summed E-state index contributed by atoms with van der Waals surface area (Å²) in [6, 6.07) is 10.4. The summed E-state index contributed by atoms with van der Waals surface area (Å²) < 4.78 is 29.3. The molecule has 0 saturated carbocycles. The number of nitrogens with one attached hydrogen (secondary N) is 2. The van der Waals surface area contributed by atoms with Crippen molar-refractivity contribution in [1.82, 2.24) is 15.0 Å². The molecule has 0 amide bonds. The number of rotatable bonds is 6. The zero-order valence-electron chi connectivity index (χ0n) is 16.6. The van der Waals surface area contributed by atoms with Crippen molar-refractivity contribution in [2.75, 3.05) is 5.32 Å². The fourth-order valence-electron chi connectivity index (χ4n) is 3.01. The molecule has 4 aromatic rings. The minimum atomic E-state index is -3.84. The van der Waals surface area contributed by atoms with Gasteiger partial charge in [0, 0.05) is 10.9 Å². The van der Waals surface area contributed by atoms with E-state index in [4.69, 9.17) is 9.88 Å². The van der Waals surface area contributed by atoms with Crippen molar-refractivity contribution in [2.45, 2.75) is 31.8 Å². The molecule has 0 unspecified atom stereocenters. The third kappa shape index (κ3) is 4.30. The fraction of sp³-hybridized carbons (Fsp3) is 0.200. The van der Waals surface area contributed by atoms with Crippen molar-refractivity contribution in [3.05, 3.63) is 47.6 Å². The van der Waals surface area contributed by atoms with Crippen molar-refractivity contribution in [3.63, 3.8) is 0 Å². The molecule has 0 spiro atoms. The number of benzene rings is 2. The van der Waals surface area contributed by atoms with Crippen LogP contribution in [0.25, 0.3) is 22.3 Å². The Kier molecular flexibility index (Phi) is 5.22. The van der Waals surface area contributed by atoms with Crippen LogP contribution in [0.3, 0.4) is 0 Å². The van der Waals surface area contributed by atoms with Crippen LogP contribution in [0.2, 0.25) is 0 Å². The molecule has 8 nitrogen and oxygen atoms in total. The van der Waals surface area contributed by atoms with Crippen molar-refractivity contribution >= 4 is 43.2 Å². The molecule has 0 aliphatic heterocycles. The highest BCUT2D eigenvalue weighted by molar-refractivity contribution is 7.89. The summed E-state index contributed by atoms with van der Waals surface area (Å²) in [7, 11) is -3.84. The summed E-state index contributed by atoms with van der Waals surface area (Å²) in [6.45, 7) is 5.70. The molecule has 30 heavy (non-hydrogen) atoms. The monoisotopic (exact) mass is 443 g/mol. The average Bonchev–Trinajstić information content (AvgIpc) is 3.26. The van der Waals surface area contributed by atoms with Gasteiger partial charge < -0.3 is 15.0 Å². The molecule has 2 aromatic carbocycles. The van der Waals surface area contributed by atoms with Crippen LogP contribution in [0.1, 0.15) is 19.7 Å². The van der Waals surface area contributed by atoms with E-state index >= 15 is 0 Å². The normalized spacial score (nSPS) is 11.9. The lowest BCUT2D eigenvalue weighted by atomic mass is 10.1. The number of aryl methyl sites for hydroxylation is 1. The molecule has 4 N–H and O–H groups in total. The molecule has 0 aliphatic carbocycles. The lowest BCUT2D eigenvalue weighted by molar-refractivity contribution is 0.243. The second kappa shape index (κ2) is 7.71. The summed E-state index contributed by atoms with van der Waals surface area (Å²) in [5.41, 5.74) is 4.06. The van der Waals surface area contributed by atoms with Gasteiger partial charge in [0.2, 0.25) is 10.0 Å². The third-order valence-electron chi connectivity index (χ3n) is 4.29. The maximum Gasteiger partial charge on any atom is 0.238 e. The van der Waals surface area contributed by atoms with Gasteiger partial charge in [-0.05, 0) is 51.1 Å². The molecule has 2 aromatic heterocycles. The summed E-state index contributed by atoms with van der Waals surface area (Å²) >= 11 is 1.40. The average molecular weight is 444 g/mol. The molecule has 2 heterocycles. The van der Waals surface area contributed by atoms with Gasteiger partial charge >= 0.3 is 0 Å². The molecule has 156 valence electrons. The van der Waals surface area contributed by atoms with E-state index in [1.165, 1.54) is 23.5 Å². The molecule has 0 fully saturated rings. The van der Waals surface area contributed by atoms with Gasteiger partial charge in [-0.15, -0.1) is 11.3 Å². The Labute approximate surface area is 178 Å². The number of primary sulfonamides is 1. The van der Waals surface area contributed by atoms with E-state index < -0.39 is 10.0 Å². The fourth-order valence-corrected chi connectivity index (χ4v) is 4.28. The summed E-state index contributed by atoms with van der Waals surface area (Å²) in [5.74, 6) is 1.37. The van der Waals surface area contributed by atoms with Gasteiger partial charge in [-0.25, -0.2) is 23.5 Å². The molecule has 0 bridgehead atoms. The molecule has 0 radical (unpaired) electrons. The highest BCUT2D eigenvalue weighted by Crippen LogP contribution is 2.34. The standard InChI is InChI=1S/C20H21N5O3S2/c1-11(2)28-19-7-5-14(30(21,26)27)9-17(19)24-20-25-18(10-29-20)13-4-6-15-16(8-13)23-12(3)22-15/h4-11H,1-3H3,(H,22,23)(H,24,25)(H2,21,26,27). The highest BCUT2D eigenvalue weighted by atomic mass is 32.2. The van der Waals surface area contributed by atoms with Crippen LogP contribution in [0.15, 0.2) is 46.7 Å². The van der Waals surface area contributed by atoms with Crippen molar-refractivity contribution in [2.24, 2.45) is 5.14 Å². The first-order chi connectivity index (χ1) is 14.2. The zero-order valence-corrected chi connectivity index (χ0v) is 18.3. The quantitative estimate of drug-likeness (QED) is 0.411. The first kappa shape index (κ1) is 20.3. The third-order valence-corrected chi connectivity index (χ3v) is 5.95. The van der Waals surface area contributed by atoms with E-state index in [9.17, 15) is 8.42 Å². The van der Waals surface area contributed by atoms with Gasteiger partial charge in [-0.1, -0.05) is 6.07 Å². The Balaban J connectivity index is 1.66. The van der Waals surface area contributed by atoms with Gasteiger partial charge in [0.25, 0.3) is 0 Å². The lowest BCUT2D eigenvalue weighted by Crippen LogP contribution is -2.13. The van der Waals surface area contributed by atoms with Crippen LogP contribution in [-0.4, -0.2) is 29.5 Å². The smallest absolute Gasteiger partial charge is 0.238 e. The van der Waals surface area contributed by atoms with Gasteiger partial charge in [0.15, 0.2) is 5.13 Å². The van der Waals surface area contributed by atoms with Gasteiger partial charge in [-0.2, -0.15) is 0 Å². The second-order valence-electron chi connectivity index (χ2n) is 7.09. The Morgan fingerprint density at radius 3 is 2.70 bits per heavy atom. The molecular formula is C20H21N5O3S2. The van der Waals surface area contributed by atoms with Gasteiger partial charge in [0.1, 0.15) is 11.6 Å². The molecule has 0 saturated heterocycles. The lowest BCUT2D eigenvalue weighted by Gasteiger charge is -2.15. The minimum absolute atomic E-state index is 0.00256. The number of aromatic amines is 1. The van der Waals surface area contributed by atoms with Crippen molar-refractivity contribution in [1.29, 1.82) is 0 Å². The number of nitrogens with zero attached hydrogens (tertiary/aromatic N) is 2. The highest BCUT2D eigenvalue weighted by Gasteiger charge is 2.15. The predicted octanol–water partition coefficient (Wildman–Crippen LogP) is 4.17. The van der Waals surface area contributed by atoms with Gasteiger partial charge in [-0.3, -0.25) is 0 Å². The number of hydrogen-bond donors (Lipinski definition) is 3. The van der Waals surface area contributed by atoms with Crippen molar-refractivity contribution < 1.29 is 13.2 Å². The summed E-state index contributed by atoms with van der Waals surface area (Å²) in [4.78, 5) is 12.3. The SMILES string of the molecule is Cc1nc2cc(-c3csc(Nc4cc(S(N)(=O)=O)ccc4OC(C)C)n3)ccc2[nH]1. The van der Waals surface area contributed by atoms with Crippen LogP contribution in [0, 0.1) is 6.92 Å². The van der Waals surface area contributed by atoms with E-state index in [0.29, 0.717) is 16.6 Å². The number of thiazole rings is 1. The van der Waals surface area contributed by atoms with E-state index in [1.807, 2.05) is 44.4 Å². The number of imidazole rings is 1. The van der Waals surface area contributed by atoms with E-state index in [-0.39, 0.29) is 11.0 Å². The van der Waals surface area contributed by atoms with Gasteiger partial charge in [0.05, 0.1) is 33.4 Å². The van der Waals surface area contributed by atoms with Crippen molar-refractivity contribution in [3.8, 4) is 17.0 Å². The largest absolute Gasteiger partial charge is 0.489 e. The Bertz CT molecular complexity index is 1330. The maximum atomic E-state index is 11.8. The number of nitrogens with two attached hydrogens (primary N) is 1.